The van der Waals surface area contributed by atoms with E-state index in [0.29, 0.717) is 21.8 Å². The molecule has 0 bridgehead atoms. The number of methoxy groups -OCH3 is 1. The van der Waals surface area contributed by atoms with Crippen molar-refractivity contribution < 1.29 is 27.1 Å². The van der Waals surface area contributed by atoms with Crippen LogP contribution in [0.2, 0.25) is 0 Å². The van der Waals surface area contributed by atoms with E-state index in [1.807, 2.05) is 11.5 Å². The van der Waals surface area contributed by atoms with Gasteiger partial charge in [-0.15, -0.1) is 0 Å². The summed E-state index contributed by atoms with van der Waals surface area (Å²) < 4.78 is 60.9. The van der Waals surface area contributed by atoms with E-state index in [9.17, 15) is 22.4 Å². The fourth-order valence-electron chi connectivity index (χ4n) is 4.31. The maximum absolute atomic E-state index is 13.8. The van der Waals surface area contributed by atoms with Crippen LogP contribution in [0.4, 0.5) is 23.2 Å². The first-order valence-corrected chi connectivity index (χ1v) is 11.6. The molecule has 0 fully saturated rings. The molecule has 198 valence electrons. The average Bonchev–Trinajstić information content (AvgIpc) is 3.26. The first-order chi connectivity index (χ1) is 18.1. The molecule has 2 heterocycles. The highest BCUT2D eigenvalue weighted by Crippen LogP contribution is 2.33. The number of carbonyl (C=O) groups is 1. The summed E-state index contributed by atoms with van der Waals surface area (Å²) in [5, 5.41) is 3.51. The van der Waals surface area contributed by atoms with Crippen molar-refractivity contribution in [2.24, 2.45) is 16.0 Å². The molecule has 0 aliphatic carbocycles. The minimum atomic E-state index is -4.65. The van der Waals surface area contributed by atoms with Gasteiger partial charge in [-0.1, -0.05) is 6.07 Å². The number of fused-ring (bicyclic) bond motifs is 1. The highest BCUT2D eigenvalue weighted by atomic mass is 19.4. The third kappa shape index (κ3) is 5.79. The number of anilines is 1. The van der Waals surface area contributed by atoms with Crippen LogP contribution in [0.25, 0.3) is 11.4 Å². The second-order valence-electron chi connectivity index (χ2n) is 8.61. The molecule has 3 aromatic rings. The van der Waals surface area contributed by atoms with Gasteiger partial charge in [-0.2, -0.15) is 18.3 Å². The van der Waals surface area contributed by atoms with Crippen molar-refractivity contribution in [2.45, 2.75) is 25.9 Å². The van der Waals surface area contributed by atoms with E-state index in [-0.39, 0.29) is 24.2 Å². The van der Waals surface area contributed by atoms with Crippen LogP contribution in [0.1, 0.15) is 23.4 Å². The number of hydrogen-bond donors (Lipinski definition) is 1. The van der Waals surface area contributed by atoms with Crippen LogP contribution in [0.3, 0.4) is 0 Å². The lowest BCUT2D eigenvalue weighted by Crippen LogP contribution is -2.42. The molecular weight excluding hydrogens is 504 g/mol. The lowest BCUT2D eigenvalue weighted by atomic mass is 10.0. The van der Waals surface area contributed by atoms with Gasteiger partial charge in [0.2, 0.25) is 5.91 Å². The van der Waals surface area contributed by atoms with Crippen LogP contribution in [-0.4, -0.2) is 41.5 Å². The molecule has 12 heteroatoms. The Bertz CT molecular complexity index is 1410. The number of alkyl halides is 3. The van der Waals surface area contributed by atoms with Crippen LogP contribution in [0.15, 0.2) is 65.1 Å². The zero-order valence-corrected chi connectivity index (χ0v) is 20.5. The predicted molar refractivity (Wildman–Crippen MR) is 133 cm³/mol. The predicted octanol–water partition coefficient (Wildman–Crippen LogP) is 5.89. The number of ether oxygens (including phenoxy) is 1. The van der Waals surface area contributed by atoms with Gasteiger partial charge in [-0.3, -0.25) is 9.79 Å². The Kier molecular flexibility index (Phi) is 7.70. The number of nitrogens with one attached hydrogen (secondary N) is 1. The summed E-state index contributed by atoms with van der Waals surface area (Å²) in [6.07, 6.45) is 1.60. The van der Waals surface area contributed by atoms with Crippen molar-refractivity contribution in [1.82, 2.24) is 9.55 Å². The summed E-state index contributed by atoms with van der Waals surface area (Å²) >= 11 is 0. The highest BCUT2D eigenvalue weighted by molar-refractivity contribution is 6.04. The summed E-state index contributed by atoms with van der Waals surface area (Å²) in [6, 6.07) is 8.51. The summed E-state index contributed by atoms with van der Waals surface area (Å²) in [6.45, 7) is 0.340. The number of imidazole rings is 1. The Morgan fingerprint density at radius 2 is 2.00 bits per heavy atom. The summed E-state index contributed by atoms with van der Waals surface area (Å²) in [5.74, 6) is -1.13. The van der Waals surface area contributed by atoms with Crippen LogP contribution < -0.4 is 9.64 Å². The average molecular weight is 529 g/mol. The Morgan fingerprint density at radius 1 is 1.24 bits per heavy atom. The van der Waals surface area contributed by atoms with E-state index in [1.54, 1.807) is 30.6 Å². The van der Waals surface area contributed by atoms with Gasteiger partial charge in [0.15, 0.2) is 0 Å². The van der Waals surface area contributed by atoms with E-state index >= 15 is 0 Å². The first kappa shape index (κ1) is 26.7. The number of rotatable bonds is 7. The highest BCUT2D eigenvalue weighted by Gasteiger charge is 2.38. The number of nitrogens with zero attached hydrogens (tertiary/aromatic N) is 5. The van der Waals surface area contributed by atoms with Crippen LogP contribution >= 0.6 is 0 Å². The fourth-order valence-corrected chi connectivity index (χ4v) is 4.31. The number of hydrogen-bond acceptors (Lipinski definition) is 6. The first-order valence-electron chi connectivity index (χ1n) is 11.6. The number of amides is 1. The molecule has 8 nitrogen and oxygen atoms in total. The Hall–Kier alpha value is -4.35. The minimum absolute atomic E-state index is 0.0299. The summed E-state index contributed by atoms with van der Waals surface area (Å²) in [4.78, 5) is 22.0. The van der Waals surface area contributed by atoms with E-state index in [0.717, 1.165) is 23.6 Å². The molecule has 2 aromatic carbocycles. The normalized spacial score (nSPS) is 16.5. The Morgan fingerprint density at radius 3 is 2.66 bits per heavy atom. The van der Waals surface area contributed by atoms with Crippen molar-refractivity contribution in [1.29, 1.82) is 5.53 Å². The van der Waals surface area contributed by atoms with Crippen molar-refractivity contribution in [3.63, 3.8) is 0 Å². The van der Waals surface area contributed by atoms with Crippen LogP contribution in [-0.2, 0) is 11.2 Å². The molecule has 1 unspecified atom stereocenters. The number of halogens is 4. The maximum Gasteiger partial charge on any atom is 0.406 e. The second kappa shape index (κ2) is 11.0. The van der Waals surface area contributed by atoms with Gasteiger partial charge in [0.05, 0.1) is 24.9 Å². The minimum Gasteiger partial charge on any atom is -0.495 e. The van der Waals surface area contributed by atoms with Gasteiger partial charge in [0.1, 0.15) is 29.6 Å². The zero-order chi connectivity index (χ0) is 27.4. The monoisotopic (exact) mass is 528 g/mol. The largest absolute Gasteiger partial charge is 0.495 e. The number of aliphatic imine (C=N–C) groups is 1. The molecule has 4 rings (SSSR count). The van der Waals surface area contributed by atoms with Crippen molar-refractivity contribution in [3.8, 4) is 11.4 Å². The molecule has 1 atom stereocenters. The lowest BCUT2D eigenvalue weighted by molar-refractivity contribution is -0.133. The van der Waals surface area contributed by atoms with Gasteiger partial charge in [0, 0.05) is 29.9 Å². The fraction of sp³-hybridized carbons (Fsp3) is 0.269. The Balaban J connectivity index is 1.61. The molecule has 0 saturated carbocycles. The SMILES string of the molecule is COc1cc(/C(=C/N=CC2CCc3cc(F)ccc3N(CC(F)(F)F)C2=O)N=N)ccc1-n1ccnc1C. The number of aromatic nitrogens is 2. The van der Waals surface area contributed by atoms with Gasteiger partial charge >= 0.3 is 6.18 Å². The number of benzene rings is 2. The standard InChI is InChI=1S/C26H24F4N6O2/c1-16-33-9-10-35(16)23-7-5-17(12-24(23)38-2)21(34-31)14-32-13-19-4-3-18-11-20(27)6-8-22(18)36(25(19)37)15-26(28,29)30/h5-14,19,31H,3-4,15H2,1-2H3/b21-14-,32-13?,34-31?. The molecule has 1 N–H and O–H groups in total. The summed E-state index contributed by atoms with van der Waals surface area (Å²) in [5.41, 5.74) is 9.30. The quantitative estimate of drug-likeness (QED) is 0.235. The molecule has 0 radical (unpaired) electrons. The molecule has 1 aliphatic rings. The van der Waals surface area contributed by atoms with Gasteiger partial charge in [0.25, 0.3) is 0 Å². The van der Waals surface area contributed by atoms with E-state index < -0.39 is 30.4 Å². The number of carbonyl (C=O) groups excluding carboxylic acids is 1. The summed E-state index contributed by atoms with van der Waals surface area (Å²) in [7, 11) is 1.50. The third-order valence-electron chi connectivity index (χ3n) is 6.12. The second-order valence-corrected chi connectivity index (χ2v) is 8.61. The molecule has 1 aromatic heterocycles. The third-order valence-corrected chi connectivity index (χ3v) is 6.12. The topological polar surface area (TPSA) is 95.9 Å². The molecule has 38 heavy (non-hydrogen) atoms. The molecule has 1 aliphatic heterocycles. The van der Waals surface area contributed by atoms with Crippen molar-refractivity contribution in [3.05, 3.63) is 77.8 Å². The zero-order valence-electron chi connectivity index (χ0n) is 20.5. The Labute approximate surface area is 215 Å². The molecule has 0 saturated heterocycles. The van der Waals surface area contributed by atoms with Gasteiger partial charge < -0.3 is 14.2 Å². The van der Waals surface area contributed by atoms with Crippen molar-refractivity contribution >= 4 is 23.5 Å². The molecule has 0 spiro atoms. The van der Waals surface area contributed by atoms with E-state index in [1.165, 1.54) is 25.6 Å². The smallest absolute Gasteiger partial charge is 0.406 e. The van der Waals surface area contributed by atoms with Crippen LogP contribution in [0.5, 0.6) is 5.75 Å². The molecule has 1 amide bonds. The van der Waals surface area contributed by atoms with Gasteiger partial charge in [-0.25, -0.2) is 14.9 Å². The van der Waals surface area contributed by atoms with Crippen LogP contribution in [0, 0.1) is 24.2 Å². The van der Waals surface area contributed by atoms with Gasteiger partial charge in [-0.05, 0) is 55.7 Å². The van der Waals surface area contributed by atoms with E-state index in [4.69, 9.17) is 10.3 Å². The molecular formula is C26H24F4N6O2. The number of aryl methyl sites for hydroxylation is 2. The van der Waals surface area contributed by atoms with Crippen molar-refractivity contribution in [2.75, 3.05) is 18.6 Å². The lowest BCUT2D eigenvalue weighted by Gasteiger charge is -2.25. The maximum atomic E-state index is 13.8. The van der Waals surface area contributed by atoms with E-state index in [2.05, 4.69) is 15.1 Å².